The summed E-state index contributed by atoms with van der Waals surface area (Å²) in [5.74, 6) is 0.450. The van der Waals surface area contributed by atoms with Gasteiger partial charge in [0, 0.05) is 19.1 Å². The molecule has 0 amide bonds. The van der Waals surface area contributed by atoms with Crippen molar-refractivity contribution in [2.75, 3.05) is 25.0 Å². The van der Waals surface area contributed by atoms with Gasteiger partial charge in [-0.15, -0.1) is 0 Å². The fraction of sp³-hybridized carbons (Fsp3) is 0.524. The number of nitrogens with zero attached hydrogens (tertiary/aromatic N) is 1. The van der Waals surface area contributed by atoms with Gasteiger partial charge in [-0.1, -0.05) is 44.5 Å². The van der Waals surface area contributed by atoms with Gasteiger partial charge in [-0.2, -0.15) is 0 Å². The highest BCUT2D eigenvalue weighted by molar-refractivity contribution is 5.81. The van der Waals surface area contributed by atoms with Gasteiger partial charge in [0.1, 0.15) is 0 Å². The highest BCUT2D eigenvalue weighted by Crippen LogP contribution is 2.25. The van der Waals surface area contributed by atoms with Gasteiger partial charge >= 0.3 is 0 Å². The molecule has 25 heavy (non-hydrogen) atoms. The topological polar surface area (TPSA) is 49.4 Å². The van der Waals surface area contributed by atoms with Crippen LogP contribution in [0.25, 0.3) is 11.1 Å². The quantitative estimate of drug-likeness (QED) is 0.819. The highest BCUT2D eigenvalue weighted by Gasteiger charge is 2.23. The molecule has 0 radical (unpaired) electrons. The van der Waals surface area contributed by atoms with E-state index in [2.05, 4.69) is 31.0 Å². The van der Waals surface area contributed by atoms with Crippen molar-refractivity contribution in [3.63, 3.8) is 0 Å². The lowest BCUT2D eigenvalue weighted by Gasteiger charge is -2.33. The molecule has 1 aliphatic heterocycles. The van der Waals surface area contributed by atoms with Crippen LogP contribution in [0, 0.1) is 0 Å². The maximum atomic E-state index is 12.1. The normalized spacial score (nSPS) is 18.8. The molecule has 0 spiro atoms. The maximum absolute atomic E-state index is 12.1. The molecular formula is C21H28N2O2. The molecule has 3 rings (SSSR count). The molecule has 2 aromatic rings. The summed E-state index contributed by atoms with van der Waals surface area (Å²) in [6.45, 7) is 9.27. The minimum absolute atomic E-state index is 0.369. The van der Waals surface area contributed by atoms with Crippen LogP contribution in [0.5, 0.6) is 0 Å². The van der Waals surface area contributed by atoms with Crippen molar-refractivity contribution in [1.29, 1.82) is 0 Å². The van der Waals surface area contributed by atoms with Gasteiger partial charge in [-0.3, -0.25) is 14.5 Å². The van der Waals surface area contributed by atoms with Gasteiger partial charge in [-0.05, 0) is 43.4 Å². The molecule has 1 N–H and O–H groups in total. The number of rotatable bonds is 6. The van der Waals surface area contributed by atoms with Gasteiger partial charge in [0.2, 0.25) is 10.9 Å². The molecule has 1 heterocycles. The first kappa shape index (κ1) is 17.9. The van der Waals surface area contributed by atoms with Crippen molar-refractivity contribution in [2.24, 2.45) is 0 Å². The van der Waals surface area contributed by atoms with Crippen LogP contribution in [0.4, 0.5) is 5.69 Å². The molecule has 4 nitrogen and oxygen atoms in total. The number of piperidine rings is 1. The number of benzene rings is 1. The van der Waals surface area contributed by atoms with Crippen LogP contribution >= 0.6 is 0 Å². The molecule has 0 aromatic heterocycles. The first-order valence-electron chi connectivity index (χ1n) is 9.40. The third kappa shape index (κ3) is 3.69. The van der Waals surface area contributed by atoms with Crippen LogP contribution < -0.4 is 16.2 Å². The Morgan fingerprint density at radius 1 is 1.12 bits per heavy atom. The Balaban J connectivity index is 1.68. The summed E-state index contributed by atoms with van der Waals surface area (Å²) in [5.41, 5.74) is 2.36. The summed E-state index contributed by atoms with van der Waals surface area (Å²) in [5, 5.41) is 3.22. The van der Waals surface area contributed by atoms with E-state index in [1.54, 1.807) is 0 Å². The monoisotopic (exact) mass is 340 g/mol. The third-order valence-corrected chi connectivity index (χ3v) is 5.42. The lowest BCUT2D eigenvalue weighted by Crippen LogP contribution is -2.42. The van der Waals surface area contributed by atoms with E-state index in [0.717, 1.165) is 18.7 Å². The average Bonchev–Trinajstić information content (AvgIpc) is 2.62. The Labute approximate surface area is 149 Å². The van der Waals surface area contributed by atoms with Crippen LogP contribution in [0.15, 0.2) is 33.9 Å². The molecule has 0 saturated carbocycles. The fourth-order valence-electron chi connectivity index (χ4n) is 3.68. The van der Waals surface area contributed by atoms with Crippen molar-refractivity contribution in [2.45, 2.75) is 52.0 Å². The molecule has 1 unspecified atom stereocenters. The van der Waals surface area contributed by atoms with Gasteiger partial charge in [-0.25, -0.2) is 0 Å². The predicted molar refractivity (Wildman–Crippen MR) is 104 cm³/mol. The minimum atomic E-state index is -0.380. The Hall–Kier alpha value is -1.94. The molecule has 1 fully saturated rings. The Kier molecular flexibility index (Phi) is 5.38. The van der Waals surface area contributed by atoms with Gasteiger partial charge in [0.25, 0.3) is 0 Å². The van der Waals surface area contributed by atoms with E-state index in [9.17, 15) is 9.59 Å². The second kappa shape index (κ2) is 7.52. The molecule has 0 aliphatic carbocycles. The summed E-state index contributed by atoms with van der Waals surface area (Å²) in [6.07, 6.45) is 3.80. The SMILES string of the molecule is CC(C)c1ccc(-c2c(NCCN3CCCCC3C)c(=O)c2=O)cc1. The predicted octanol–water partition coefficient (Wildman–Crippen LogP) is 3.36. The smallest absolute Gasteiger partial charge is 0.250 e. The summed E-state index contributed by atoms with van der Waals surface area (Å²) >= 11 is 0. The van der Waals surface area contributed by atoms with E-state index in [-0.39, 0.29) is 10.9 Å². The van der Waals surface area contributed by atoms with Crippen LogP contribution in [0.1, 0.15) is 51.5 Å². The van der Waals surface area contributed by atoms with E-state index in [1.807, 2.05) is 24.3 Å². The third-order valence-electron chi connectivity index (χ3n) is 5.42. The second-order valence-corrected chi connectivity index (χ2v) is 7.49. The molecule has 1 atom stereocenters. The highest BCUT2D eigenvalue weighted by atomic mass is 16.2. The van der Waals surface area contributed by atoms with Crippen LogP contribution in [-0.2, 0) is 0 Å². The average molecular weight is 340 g/mol. The Morgan fingerprint density at radius 2 is 1.84 bits per heavy atom. The van der Waals surface area contributed by atoms with E-state index in [1.165, 1.54) is 24.8 Å². The standard InChI is InChI=1S/C21H28N2O2/c1-14(2)16-7-9-17(10-8-16)18-19(21(25)20(18)24)22-11-13-23-12-5-4-6-15(23)3/h7-10,14-15,22H,4-6,11-13H2,1-3H3. The van der Waals surface area contributed by atoms with Crippen molar-refractivity contribution in [3.05, 3.63) is 50.3 Å². The molecule has 1 saturated heterocycles. The van der Waals surface area contributed by atoms with Crippen LogP contribution in [-0.4, -0.2) is 30.6 Å². The summed E-state index contributed by atoms with van der Waals surface area (Å²) in [4.78, 5) is 26.5. The Morgan fingerprint density at radius 3 is 2.48 bits per heavy atom. The number of nitrogens with one attached hydrogen (secondary N) is 1. The largest absolute Gasteiger partial charge is 0.380 e. The van der Waals surface area contributed by atoms with Crippen LogP contribution in [0.2, 0.25) is 0 Å². The zero-order chi connectivity index (χ0) is 18.0. The number of hydrogen-bond donors (Lipinski definition) is 1. The fourth-order valence-corrected chi connectivity index (χ4v) is 3.68. The van der Waals surface area contributed by atoms with Crippen molar-refractivity contribution >= 4 is 5.69 Å². The lowest BCUT2D eigenvalue weighted by molar-refractivity contribution is 0.167. The van der Waals surface area contributed by atoms with E-state index in [4.69, 9.17) is 0 Å². The number of hydrogen-bond acceptors (Lipinski definition) is 4. The zero-order valence-electron chi connectivity index (χ0n) is 15.5. The molecule has 134 valence electrons. The second-order valence-electron chi connectivity index (χ2n) is 7.49. The first-order valence-corrected chi connectivity index (χ1v) is 9.40. The minimum Gasteiger partial charge on any atom is -0.380 e. The van der Waals surface area contributed by atoms with Crippen molar-refractivity contribution in [3.8, 4) is 11.1 Å². The number of anilines is 1. The van der Waals surface area contributed by atoms with E-state index in [0.29, 0.717) is 29.8 Å². The van der Waals surface area contributed by atoms with E-state index < -0.39 is 0 Å². The summed E-state index contributed by atoms with van der Waals surface area (Å²) in [6, 6.07) is 8.57. The van der Waals surface area contributed by atoms with Gasteiger partial charge in [0.15, 0.2) is 0 Å². The molecule has 2 aromatic carbocycles. The van der Waals surface area contributed by atoms with Crippen LogP contribution in [0.3, 0.4) is 0 Å². The summed E-state index contributed by atoms with van der Waals surface area (Å²) in [7, 11) is 0. The molecule has 4 heteroatoms. The van der Waals surface area contributed by atoms with Crippen molar-refractivity contribution < 1.29 is 0 Å². The first-order chi connectivity index (χ1) is 12.0. The maximum Gasteiger partial charge on any atom is 0.250 e. The summed E-state index contributed by atoms with van der Waals surface area (Å²) < 4.78 is 0. The lowest BCUT2D eigenvalue weighted by atomic mass is 9.95. The zero-order valence-corrected chi connectivity index (χ0v) is 15.5. The molecule has 0 bridgehead atoms. The molecular weight excluding hydrogens is 312 g/mol. The Bertz CT molecular complexity index is 785. The van der Waals surface area contributed by atoms with E-state index >= 15 is 0 Å². The van der Waals surface area contributed by atoms with Gasteiger partial charge in [0.05, 0.1) is 11.3 Å². The van der Waals surface area contributed by atoms with Gasteiger partial charge < -0.3 is 5.32 Å². The van der Waals surface area contributed by atoms with Crippen molar-refractivity contribution in [1.82, 2.24) is 4.90 Å². The number of likely N-dealkylation sites (tertiary alicyclic amines) is 1. The molecule has 1 aliphatic rings.